The molecular formula is C14H15N3S. The quantitative estimate of drug-likeness (QED) is 0.836. The zero-order valence-electron chi connectivity index (χ0n) is 10.0. The minimum Gasteiger partial charge on any atom is -0.310 e. The summed E-state index contributed by atoms with van der Waals surface area (Å²) in [6.07, 6.45) is 6.20. The fourth-order valence-corrected chi connectivity index (χ4v) is 2.38. The predicted molar refractivity (Wildman–Crippen MR) is 72.5 cm³/mol. The smallest absolute Gasteiger partial charge is 0.192 e. The van der Waals surface area contributed by atoms with E-state index >= 15 is 0 Å². The van der Waals surface area contributed by atoms with Crippen LogP contribution in [-0.4, -0.2) is 16.0 Å². The van der Waals surface area contributed by atoms with Crippen LogP contribution < -0.4 is 5.32 Å². The van der Waals surface area contributed by atoms with Gasteiger partial charge in [-0.3, -0.25) is 0 Å². The van der Waals surface area contributed by atoms with Crippen molar-refractivity contribution in [1.29, 1.82) is 0 Å². The van der Waals surface area contributed by atoms with Crippen LogP contribution in [0.4, 0.5) is 0 Å². The molecule has 0 radical (unpaired) electrons. The molecule has 0 spiro atoms. The molecule has 0 saturated heterocycles. The van der Waals surface area contributed by atoms with Crippen molar-refractivity contribution in [2.24, 2.45) is 0 Å². The van der Waals surface area contributed by atoms with E-state index in [1.165, 1.54) is 23.3 Å². The molecule has 0 atom stereocenters. The molecule has 1 aliphatic carbocycles. The lowest BCUT2D eigenvalue weighted by Crippen LogP contribution is -2.14. The molecule has 18 heavy (non-hydrogen) atoms. The number of rotatable bonds is 5. The summed E-state index contributed by atoms with van der Waals surface area (Å²) in [7, 11) is 0. The first kappa shape index (κ1) is 11.7. The van der Waals surface area contributed by atoms with Gasteiger partial charge in [-0.1, -0.05) is 12.1 Å². The maximum Gasteiger partial charge on any atom is 0.192 e. The average Bonchev–Trinajstić information content (AvgIpc) is 3.23. The van der Waals surface area contributed by atoms with Gasteiger partial charge >= 0.3 is 0 Å². The predicted octanol–water partition coefficient (Wildman–Crippen LogP) is 2.88. The highest BCUT2D eigenvalue weighted by Gasteiger charge is 2.19. The summed E-state index contributed by atoms with van der Waals surface area (Å²) in [6, 6.07) is 11.2. The van der Waals surface area contributed by atoms with Gasteiger partial charge in [-0.2, -0.15) is 0 Å². The highest BCUT2D eigenvalue weighted by Crippen LogP contribution is 2.24. The van der Waals surface area contributed by atoms with E-state index in [0.29, 0.717) is 0 Å². The second-order valence-corrected chi connectivity index (χ2v) is 5.47. The lowest BCUT2D eigenvalue weighted by Gasteiger charge is -2.04. The van der Waals surface area contributed by atoms with Crippen LogP contribution in [0.25, 0.3) is 0 Å². The molecule has 0 aliphatic heterocycles. The molecule has 1 fully saturated rings. The highest BCUT2D eigenvalue weighted by atomic mass is 32.2. The third-order valence-corrected chi connectivity index (χ3v) is 3.75. The topological polar surface area (TPSA) is 37.8 Å². The Balaban J connectivity index is 1.59. The van der Waals surface area contributed by atoms with Crippen molar-refractivity contribution in [3.63, 3.8) is 0 Å². The standard InChI is InChI=1S/C14H15N3S/c1-8-15-14(16-9-1)18-13-6-2-11(3-7-13)10-17-12-4-5-12/h1-3,6-9,12,17H,4-5,10H2. The summed E-state index contributed by atoms with van der Waals surface area (Å²) >= 11 is 1.59. The molecule has 1 aromatic heterocycles. The van der Waals surface area contributed by atoms with Crippen molar-refractivity contribution < 1.29 is 0 Å². The van der Waals surface area contributed by atoms with Crippen LogP contribution in [0, 0.1) is 0 Å². The summed E-state index contributed by atoms with van der Waals surface area (Å²) in [6.45, 7) is 0.970. The van der Waals surface area contributed by atoms with Gasteiger partial charge < -0.3 is 5.32 Å². The highest BCUT2D eigenvalue weighted by molar-refractivity contribution is 7.99. The van der Waals surface area contributed by atoms with Gasteiger partial charge in [-0.25, -0.2) is 9.97 Å². The number of hydrogen-bond donors (Lipinski definition) is 1. The van der Waals surface area contributed by atoms with Gasteiger partial charge in [-0.15, -0.1) is 0 Å². The van der Waals surface area contributed by atoms with Gasteiger partial charge in [0, 0.05) is 29.9 Å². The van der Waals surface area contributed by atoms with Gasteiger partial charge in [0.05, 0.1) is 0 Å². The van der Waals surface area contributed by atoms with Crippen molar-refractivity contribution in [3.05, 3.63) is 48.3 Å². The molecule has 1 aromatic carbocycles. The Kier molecular flexibility index (Phi) is 3.57. The maximum absolute atomic E-state index is 4.20. The van der Waals surface area contributed by atoms with E-state index in [1.807, 2.05) is 6.07 Å². The van der Waals surface area contributed by atoms with Crippen LogP contribution in [0.3, 0.4) is 0 Å². The Hall–Kier alpha value is -1.39. The van der Waals surface area contributed by atoms with Gasteiger partial charge in [0.2, 0.25) is 0 Å². The zero-order valence-corrected chi connectivity index (χ0v) is 10.9. The lowest BCUT2D eigenvalue weighted by atomic mass is 10.2. The number of benzene rings is 1. The Morgan fingerprint density at radius 1 is 1.11 bits per heavy atom. The van der Waals surface area contributed by atoms with Gasteiger partial charge in [0.25, 0.3) is 0 Å². The summed E-state index contributed by atoms with van der Waals surface area (Å²) in [5, 5.41) is 4.30. The van der Waals surface area contributed by atoms with E-state index in [0.717, 1.165) is 17.7 Å². The third-order valence-electron chi connectivity index (χ3n) is 2.85. The molecule has 2 aromatic rings. The molecule has 4 heteroatoms. The number of aromatic nitrogens is 2. The van der Waals surface area contributed by atoms with Gasteiger partial charge in [-0.05, 0) is 48.4 Å². The van der Waals surface area contributed by atoms with Crippen molar-refractivity contribution in [2.75, 3.05) is 0 Å². The van der Waals surface area contributed by atoms with Gasteiger partial charge in [0.1, 0.15) is 0 Å². The average molecular weight is 257 g/mol. The second-order valence-electron chi connectivity index (χ2n) is 4.43. The Labute approximate surface area is 111 Å². The molecule has 0 amide bonds. The maximum atomic E-state index is 4.20. The first-order valence-electron chi connectivity index (χ1n) is 6.17. The van der Waals surface area contributed by atoms with Crippen molar-refractivity contribution in [1.82, 2.24) is 15.3 Å². The van der Waals surface area contributed by atoms with Crippen LogP contribution in [0.2, 0.25) is 0 Å². The molecule has 92 valence electrons. The Morgan fingerprint density at radius 3 is 2.50 bits per heavy atom. The Bertz CT molecular complexity index is 494. The first-order valence-corrected chi connectivity index (χ1v) is 6.99. The Morgan fingerprint density at radius 2 is 1.83 bits per heavy atom. The van der Waals surface area contributed by atoms with E-state index in [-0.39, 0.29) is 0 Å². The van der Waals surface area contributed by atoms with E-state index in [4.69, 9.17) is 0 Å². The van der Waals surface area contributed by atoms with Crippen LogP contribution in [0.5, 0.6) is 0 Å². The third kappa shape index (κ3) is 3.31. The molecule has 0 bridgehead atoms. The fraction of sp³-hybridized carbons (Fsp3) is 0.286. The van der Waals surface area contributed by atoms with Crippen LogP contribution in [-0.2, 0) is 6.54 Å². The van der Waals surface area contributed by atoms with Gasteiger partial charge in [0.15, 0.2) is 5.16 Å². The zero-order chi connectivity index (χ0) is 12.2. The molecule has 0 unspecified atom stereocenters. The lowest BCUT2D eigenvalue weighted by molar-refractivity contribution is 0.687. The molecule has 1 saturated carbocycles. The van der Waals surface area contributed by atoms with Crippen LogP contribution in [0.1, 0.15) is 18.4 Å². The summed E-state index contributed by atoms with van der Waals surface area (Å²) in [4.78, 5) is 9.58. The van der Waals surface area contributed by atoms with E-state index in [2.05, 4.69) is 39.6 Å². The van der Waals surface area contributed by atoms with Crippen LogP contribution >= 0.6 is 11.8 Å². The minimum absolute atomic E-state index is 0.761. The SMILES string of the molecule is c1cnc(Sc2ccc(CNC3CC3)cc2)nc1. The molecule has 1 heterocycles. The minimum atomic E-state index is 0.761. The normalized spacial score (nSPS) is 14.7. The summed E-state index contributed by atoms with van der Waals surface area (Å²) in [5.74, 6) is 0. The summed E-state index contributed by atoms with van der Waals surface area (Å²) in [5.41, 5.74) is 1.33. The fourth-order valence-electron chi connectivity index (χ4n) is 1.67. The molecule has 1 N–H and O–H groups in total. The number of hydrogen-bond acceptors (Lipinski definition) is 4. The monoisotopic (exact) mass is 257 g/mol. The van der Waals surface area contributed by atoms with Crippen molar-refractivity contribution in [2.45, 2.75) is 35.5 Å². The van der Waals surface area contributed by atoms with Crippen LogP contribution in [0.15, 0.2) is 52.8 Å². The van der Waals surface area contributed by atoms with E-state index in [1.54, 1.807) is 24.2 Å². The molecule has 3 rings (SSSR count). The molecule has 3 nitrogen and oxygen atoms in total. The van der Waals surface area contributed by atoms with Crippen molar-refractivity contribution in [3.8, 4) is 0 Å². The van der Waals surface area contributed by atoms with Crippen molar-refractivity contribution >= 4 is 11.8 Å². The number of nitrogens with one attached hydrogen (secondary N) is 1. The number of nitrogens with zero attached hydrogens (tertiary/aromatic N) is 2. The molecule has 1 aliphatic rings. The van der Waals surface area contributed by atoms with E-state index < -0.39 is 0 Å². The molecular weight excluding hydrogens is 242 g/mol. The van der Waals surface area contributed by atoms with E-state index in [9.17, 15) is 0 Å². The largest absolute Gasteiger partial charge is 0.310 e. The first-order chi connectivity index (χ1) is 8.90. The second kappa shape index (κ2) is 5.50. The summed E-state index contributed by atoms with van der Waals surface area (Å²) < 4.78 is 0.